The van der Waals surface area contributed by atoms with Crippen molar-refractivity contribution in [3.8, 4) is 0 Å². The predicted octanol–water partition coefficient (Wildman–Crippen LogP) is 1.61. The first-order valence-corrected chi connectivity index (χ1v) is 7.84. The van der Waals surface area contributed by atoms with Crippen molar-refractivity contribution in [2.45, 2.75) is 26.2 Å². The van der Waals surface area contributed by atoms with Crippen LogP contribution in [0.4, 0.5) is 0 Å². The van der Waals surface area contributed by atoms with Crippen LogP contribution in [0.2, 0.25) is 0 Å². The van der Waals surface area contributed by atoms with Crippen molar-refractivity contribution in [3.05, 3.63) is 53.3 Å². The zero-order valence-electron chi connectivity index (χ0n) is 13.2. The molecule has 1 aromatic heterocycles. The molecule has 1 N–H and O–H groups in total. The van der Waals surface area contributed by atoms with E-state index in [9.17, 15) is 9.90 Å². The topological polar surface area (TPSA) is 67.6 Å². The van der Waals surface area contributed by atoms with Gasteiger partial charge < -0.3 is 14.7 Å². The summed E-state index contributed by atoms with van der Waals surface area (Å²) in [5.41, 5.74) is 2.33. The molecule has 6 nitrogen and oxygen atoms in total. The summed E-state index contributed by atoms with van der Waals surface area (Å²) in [5.74, 6) is -0.0310. The number of aliphatic hydroxyl groups excluding tert-OH is 1. The Morgan fingerprint density at radius 3 is 3.09 bits per heavy atom. The summed E-state index contributed by atoms with van der Waals surface area (Å²) >= 11 is 0. The van der Waals surface area contributed by atoms with Crippen LogP contribution in [0.1, 0.15) is 34.5 Å². The summed E-state index contributed by atoms with van der Waals surface area (Å²) in [6, 6.07) is 7.11. The van der Waals surface area contributed by atoms with Crippen LogP contribution in [-0.4, -0.2) is 45.4 Å². The number of aliphatic hydroxyl groups is 1. The minimum absolute atomic E-state index is 0.0310. The molecule has 0 saturated carbocycles. The van der Waals surface area contributed by atoms with Crippen LogP contribution >= 0.6 is 0 Å². The third kappa shape index (κ3) is 3.43. The second kappa shape index (κ2) is 6.93. The van der Waals surface area contributed by atoms with E-state index in [2.05, 4.69) is 5.10 Å². The Balaban J connectivity index is 1.73. The second-order valence-electron chi connectivity index (χ2n) is 5.60. The smallest absolute Gasteiger partial charge is 0.254 e. The maximum absolute atomic E-state index is 12.7. The number of nitrogens with zero attached hydrogens (tertiary/aromatic N) is 3. The van der Waals surface area contributed by atoms with Crippen molar-refractivity contribution < 1.29 is 14.6 Å². The van der Waals surface area contributed by atoms with Crippen molar-refractivity contribution in [2.75, 3.05) is 19.7 Å². The van der Waals surface area contributed by atoms with Gasteiger partial charge in [-0.1, -0.05) is 12.1 Å². The molecule has 6 heteroatoms. The number of aryl methyl sites for hydroxylation is 1. The highest BCUT2D eigenvalue weighted by molar-refractivity contribution is 5.94. The summed E-state index contributed by atoms with van der Waals surface area (Å²) in [6.07, 6.45) is 3.62. The van der Waals surface area contributed by atoms with Crippen LogP contribution in [0, 0.1) is 0 Å². The Hall–Kier alpha value is -2.18. The molecule has 2 aromatic rings. The van der Waals surface area contributed by atoms with Gasteiger partial charge in [0.05, 0.1) is 26.0 Å². The van der Waals surface area contributed by atoms with E-state index in [-0.39, 0.29) is 18.6 Å². The molecule has 3 rings (SSSR count). The average molecular weight is 315 g/mol. The Bertz CT molecular complexity index is 683. The van der Waals surface area contributed by atoms with Crippen molar-refractivity contribution in [2.24, 2.45) is 0 Å². The number of hydrogen-bond donors (Lipinski definition) is 1. The summed E-state index contributed by atoms with van der Waals surface area (Å²) < 4.78 is 7.65. The SMILES string of the molecule is CCn1cc(C2CN(C(=O)c3cccc(CO)c3)CCO2)cn1. The molecule has 1 fully saturated rings. The van der Waals surface area contributed by atoms with E-state index in [0.29, 0.717) is 25.3 Å². The highest BCUT2D eigenvalue weighted by Gasteiger charge is 2.27. The average Bonchev–Trinajstić information content (AvgIpc) is 3.10. The number of rotatable bonds is 4. The maximum Gasteiger partial charge on any atom is 0.254 e. The Kier molecular flexibility index (Phi) is 4.73. The molecule has 1 aliphatic heterocycles. The van der Waals surface area contributed by atoms with Crippen molar-refractivity contribution in [1.29, 1.82) is 0 Å². The summed E-state index contributed by atoms with van der Waals surface area (Å²) in [7, 11) is 0. The number of amides is 1. The van der Waals surface area contributed by atoms with E-state index in [1.54, 1.807) is 35.4 Å². The minimum Gasteiger partial charge on any atom is -0.392 e. The van der Waals surface area contributed by atoms with Gasteiger partial charge in [-0.3, -0.25) is 9.48 Å². The third-order valence-corrected chi connectivity index (χ3v) is 4.06. The summed E-state index contributed by atoms with van der Waals surface area (Å²) in [4.78, 5) is 14.5. The lowest BCUT2D eigenvalue weighted by Crippen LogP contribution is -2.42. The molecule has 2 heterocycles. The molecule has 0 aliphatic carbocycles. The van der Waals surface area contributed by atoms with Crippen molar-refractivity contribution in [3.63, 3.8) is 0 Å². The van der Waals surface area contributed by atoms with Crippen LogP contribution in [0.3, 0.4) is 0 Å². The quantitative estimate of drug-likeness (QED) is 0.931. The number of hydrogen-bond acceptors (Lipinski definition) is 4. The highest BCUT2D eigenvalue weighted by atomic mass is 16.5. The molecular weight excluding hydrogens is 294 g/mol. The van der Waals surface area contributed by atoms with Crippen molar-refractivity contribution >= 4 is 5.91 Å². The zero-order valence-corrected chi connectivity index (χ0v) is 13.2. The van der Waals surface area contributed by atoms with E-state index >= 15 is 0 Å². The number of aromatic nitrogens is 2. The molecule has 23 heavy (non-hydrogen) atoms. The first-order valence-electron chi connectivity index (χ1n) is 7.84. The summed E-state index contributed by atoms with van der Waals surface area (Å²) in [5, 5.41) is 13.5. The molecule has 1 aliphatic rings. The fourth-order valence-corrected chi connectivity index (χ4v) is 2.74. The van der Waals surface area contributed by atoms with Crippen LogP contribution in [0.15, 0.2) is 36.7 Å². The second-order valence-corrected chi connectivity index (χ2v) is 5.60. The highest BCUT2D eigenvalue weighted by Crippen LogP contribution is 2.23. The molecule has 1 saturated heterocycles. The molecule has 0 bridgehead atoms. The Labute approximate surface area is 135 Å². The lowest BCUT2D eigenvalue weighted by Gasteiger charge is -2.32. The van der Waals surface area contributed by atoms with Crippen LogP contribution in [0.25, 0.3) is 0 Å². The van der Waals surface area contributed by atoms with Gasteiger partial charge in [-0.2, -0.15) is 5.10 Å². The fourth-order valence-electron chi connectivity index (χ4n) is 2.74. The number of ether oxygens (including phenoxy) is 1. The van der Waals surface area contributed by atoms with Gasteiger partial charge >= 0.3 is 0 Å². The maximum atomic E-state index is 12.7. The molecule has 1 atom stereocenters. The van der Waals surface area contributed by atoms with Gasteiger partial charge in [0.1, 0.15) is 6.10 Å². The van der Waals surface area contributed by atoms with Gasteiger partial charge in [-0.05, 0) is 24.6 Å². The van der Waals surface area contributed by atoms with Gasteiger partial charge in [0.25, 0.3) is 5.91 Å². The van der Waals surface area contributed by atoms with E-state index in [0.717, 1.165) is 17.7 Å². The minimum atomic E-state index is -0.144. The van der Waals surface area contributed by atoms with Gasteiger partial charge in [0, 0.05) is 30.4 Å². The van der Waals surface area contributed by atoms with Crippen LogP contribution < -0.4 is 0 Å². The molecule has 0 radical (unpaired) electrons. The predicted molar refractivity (Wildman–Crippen MR) is 84.9 cm³/mol. The molecule has 1 unspecified atom stereocenters. The van der Waals surface area contributed by atoms with Gasteiger partial charge in [-0.25, -0.2) is 0 Å². The monoisotopic (exact) mass is 315 g/mol. The largest absolute Gasteiger partial charge is 0.392 e. The standard InChI is InChI=1S/C17H21N3O3/c1-2-20-10-15(9-18-20)16-11-19(6-7-23-16)17(22)14-5-3-4-13(8-14)12-21/h3-5,8-10,16,21H,2,6-7,11-12H2,1H3. The lowest BCUT2D eigenvalue weighted by molar-refractivity contribution is -0.0228. The van der Waals surface area contributed by atoms with Gasteiger partial charge in [0.15, 0.2) is 0 Å². The summed E-state index contributed by atoms with van der Waals surface area (Å²) in [6.45, 7) is 4.36. The van der Waals surface area contributed by atoms with Crippen LogP contribution in [-0.2, 0) is 17.9 Å². The normalized spacial score (nSPS) is 18.2. The lowest BCUT2D eigenvalue weighted by atomic mass is 10.1. The third-order valence-electron chi connectivity index (χ3n) is 4.06. The Morgan fingerprint density at radius 1 is 1.48 bits per heavy atom. The van der Waals surface area contributed by atoms with E-state index in [1.807, 2.05) is 17.8 Å². The van der Waals surface area contributed by atoms with Crippen LogP contribution in [0.5, 0.6) is 0 Å². The number of carbonyl (C=O) groups excluding carboxylic acids is 1. The number of benzene rings is 1. The molecule has 0 spiro atoms. The number of morpholine rings is 1. The van der Waals surface area contributed by atoms with Crippen molar-refractivity contribution in [1.82, 2.24) is 14.7 Å². The fraction of sp³-hybridized carbons (Fsp3) is 0.412. The zero-order chi connectivity index (χ0) is 16.2. The van der Waals surface area contributed by atoms with Gasteiger partial charge in [0.2, 0.25) is 0 Å². The van der Waals surface area contributed by atoms with E-state index in [1.165, 1.54) is 0 Å². The Morgan fingerprint density at radius 2 is 2.35 bits per heavy atom. The van der Waals surface area contributed by atoms with E-state index in [4.69, 9.17) is 4.74 Å². The number of carbonyl (C=O) groups is 1. The molecule has 122 valence electrons. The molecule has 1 amide bonds. The molecular formula is C17H21N3O3. The van der Waals surface area contributed by atoms with Gasteiger partial charge in [-0.15, -0.1) is 0 Å². The first-order chi connectivity index (χ1) is 11.2. The first kappa shape index (κ1) is 15.7. The van der Waals surface area contributed by atoms with E-state index < -0.39 is 0 Å². The molecule has 1 aromatic carbocycles.